The number of benzene rings is 1. The highest BCUT2D eigenvalue weighted by molar-refractivity contribution is 6.00. The lowest BCUT2D eigenvalue weighted by atomic mass is 10.0. The Hall–Kier alpha value is -3.39. The maximum Gasteiger partial charge on any atom is 0.387 e. The van der Waals surface area contributed by atoms with Crippen LogP contribution in [-0.2, 0) is 4.79 Å². The van der Waals surface area contributed by atoms with Crippen LogP contribution in [0.3, 0.4) is 0 Å². The monoisotopic (exact) mass is 427 g/mol. The Morgan fingerprint density at radius 1 is 1.06 bits per heavy atom. The Labute approximate surface area is 179 Å². The number of halogens is 2. The molecule has 3 heterocycles. The molecule has 0 spiro atoms. The molecular weight excluding hydrogens is 404 g/mol. The van der Waals surface area contributed by atoms with Gasteiger partial charge in [0.25, 0.3) is 5.91 Å². The van der Waals surface area contributed by atoms with Gasteiger partial charge in [0.1, 0.15) is 0 Å². The van der Waals surface area contributed by atoms with Gasteiger partial charge in [-0.05, 0) is 41.5 Å². The summed E-state index contributed by atoms with van der Waals surface area (Å²) >= 11 is 0. The number of nitrogens with zero attached hydrogens (tertiary/aromatic N) is 2. The Morgan fingerprint density at radius 2 is 1.84 bits per heavy atom. The van der Waals surface area contributed by atoms with Crippen LogP contribution in [0, 0.1) is 0 Å². The van der Waals surface area contributed by atoms with Gasteiger partial charge in [0, 0.05) is 44.2 Å². The lowest BCUT2D eigenvalue weighted by molar-refractivity contribution is -0.122. The van der Waals surface area contributed by atoms with Crippen LogP contribution < -0.4 is 14.8 Å². The van der Waals surface area contributed by atoms with Crippen molar-refractivity contribution in [1.82, 2.24) is 15.1 Å². The number of carbonyl (C=O) groups excluding carboxylic acids is 1. The van der Waals surface area contributed by atoms with E-state index in [9.17, 15) is 13.6 Å². The molecule has 6 nitrogen and oxygen atoms in total. The first-order chi connectivity index (χ1) is 15.0. The molecule has 162 valence electrons. The van der Waals surface area contributed by atoms with E-state index in [1.165, 1.54) is 25.3 Å². The Morgan fingerprint density at radius 3 is 2.58 bits per heavy atom. The number of rotatable bonds is 5. The summed E-state index contributed by atoms with van der Waals surface area (Å²) in [5.74, 6) is -0.121. The number of allylic oxidation sites excluding steroid dienone is 6. The Balaban J connectivity index is 1.64. The summed E-state index contributed by atoms with van der Waals surface area (Å²) in [5.41, 5.74) is 2.88. The minimum absolute atomic E-state index is 0.0863. The van der Waals surface area contributed by atoms with Crippen molar-refractivity contribution >= 4 is 11.5 Å². The summed E-state index contributed by atoms with van der Waals surface area (Å²) in [6, 6.07) is 4.68. The number of hydrogen-bond acceptors (Lipinski definition) is 5. The topological polar surface area (TPSA) is 54.0 Å². The number of piperazine rings is 1. The first-order valence-corrected chi connectivity index (χ1v) is 9.97. The minimum atomic E-state index is -2.98. The predicted octanol–water partition coefficient (Wildman–Crippen LogP) is 3.28. The maximum atomic E-state index is 13.1. The number of amides is 1. The molecule has 0 radical (unpaired) electrons. The van der Waals surface area contributed by atoms with Crippen LogP contribution in [0.25, 0.3) is 5.57 Å². The van der Waals surface area contributed by atoms with Crippen LogP contribution in [0.2, 0.25) is 0 Å². The van der Waals surface area contributed by atoms with Gasteiger partial charge in [-0.2, -0.15) is 8.78 Å². The van der Waals surface area contributed by atoms with Crippen LogP contribution in [0.1, 0.15) is 5.56 Å². The average Bonchev–Trinajstić information content (AvgIpc) is 2.77. The molecule has 4 rings (SSSR count). The van der Waals surface area contributed by atoms with Crippen LogP contribution in [-0.4, -0.2) is 55.6 Å². The maximum absolute atomic E-state index is 13.1. The van der Waals surface area contributed by atoms with Crippen molar-refractivity contribution in [3.63, 3.8) is 0 Å². The standard InChI is InChI=1S/C23H23F2N3O3/c1-30-20-8-5-17(13-21(20)31-23(24)25)16-3-2-4-18-6-7-19(15-28(18)22(29)14-16)27-11-9-26-10-12-27/h2-8,13-15,23,26H,9-12H2,1H3/b3-2+,16-14+,18-4+. The quantitative estimate of drug-likeness (QED) is 0.782. The third-order valence-corrected chi connectivity index (χ3v) is 5.22. The molecular formula is C23H23F2N3O3. The zero-order valence-electron chi connectivity index (χ0n) is 17.1. The van der Waals surface area contributed by atoms with Gasteiger partial charge in [-0.1, -0.05) is 18.2 Å². The van der Waals surface area contributed by atoms with E-state index in [2.05, 4.69) is 15.0 Å². The van der Waals surface area contributed by atoms with Crippen molar-refractivity contribution in [3.8, 4) is 11.5 Å². The fraction of sp³-hybridized carbons (Fsp3) is 0.261. The molecule has 0 atom stereocenters. The summed E-state index contributed by atoms with van der Waals surface area (Å²) in [6.45, 7) is 0.560. The molecule has 0 saturated carbocycles. The molecule has 8 heteroatoms. The number of carbonyl (C=O) groups is 1. The summed E-state index contributed by atoms with van der Waals surface area (Å²) in [7, 11) is 1.38. The van der Waals surface area contributed by atoms with Crippen molar-refractivity contribution in [1.29, 1.82) is 0 Å². The Bertz CT molecular complexity index is 1010. The summed E-state index contributed by atoms with van der Waals surface area (Å²) in [6.07, 6.45) is 12.7. The van der Waals surface area contributed by atoms with E-state index in [1.807, 2.05) is 30.5 Å². The number of ether oxygens (including phenoxy) is 2. The highest BCUT2D eigenvalue weighted by atomic mass is 19.3. The first-order valence-electron chi connectivity index (χ1n) is 9.97. The van der Waals surface area contributed by atoms with Crippen LogP contribution >= 0.6 is 0 Å². The first kappa shape index (κ1) is 20.9. The third kappa shape index (κ3) is 4.69. The van der Waals surface area contributed by atoms with Gasteiger partial charge in [0.2, 0.25) is 0 Å². The minimum Gasteiger partial charge on any atom is -0.493 e. The SMILES string of the molecule is COc1ccc(C2=C\C(=O)N3C=C(N4CCNCC4)C=C\C3=C/C=C/2)cc1OC(F)F. The molecule has 1 aromatic rings. The van der Waals surface area contributed by atoms with E-state index in [0.29, 0.717) is 11.1 Å². The summed E-state index contributed by atoms with van der Waals surface area (Å²) < 4.78 is 35.2. The molecule has 0 aliphatic carbocycles. The van der Waals surface area contributed by atoms with Gasteiger partial charge in [0.15, 0.2) is 11.5 Å². The van der Waals surface area contributed by atoms with Crippen LogP contribution in [0.5, 0.6) is 11.5 Å². The molecule has 3 aliphatic heterocycles. The lowest BCUT2D eigenvalue weighted by Gasteiger charge is -2.33. The molecule has 0 bridgehead atoms. The Kier molecular flexibility index (Phi) is 6.18. The van der Waals surface area contributed by atoms with E-state index in [4.69, 9.17) is 4.74 Å². The second kappa shape index (κ2) is 9.18. The third-order valence-electron chi connectivity index (χ3n) is 5.22. The molecule has 3 aliphatic rings. The molecule has 1 amide bonds. The molecule has 1 aromatic carbocycles. The van der Waals surface area contributed by atoms with Crippen molar-refractivity contribution < 1.29 is 23.0 Å². The fourth-order valence-corrected chi connectivity index (χ4v) is 3.66. The van der Waals surface area contributed by atoms with Gasteiger partial charge >= 0.3 is 6.61 Å². The van der Waals surface area contributed by atoms with Crippen LogP contribution in [0.4, 0.5) is 8.78 Å². The number of methoxy groups -OCH3 is 1. The highest BCUT2D eigenvalue weighted by Crippen LogP contribution is 2.33. The molecule has 31 heavy (non-hydrogen) atoms. The number of fused-ring (bicyclic) bond motifs is 1. The smallest absolute Gasteiger partial charge is 0.387 e. The van der Waals surface area contributed by atoms with E-state index in [-0.39, 0.29) is 17.4 Å². The van der Waals surface area contributed by atoms with E-state index < -0.39 is 6.61 Å². The highest BCUT2D eigenvalue weighted by Gasteiger charge is 2.22. The molecule has 1 N–H and O–H groups in total. The number of hydrogen-bond donors (Lipinski definition) is 1. The lowest BCUT2D eigenvalue weighted by Crippen LogP contribution is -2.43. The second-order valence-electron chi connectivity index (χ2n) is 7.13. The van der Waals surface area contributed by atoms with Crippen molar-refractivity contribution in [2.24, 2.45) is 0 Å². The zero-order valence-corrected chi connectivity index (χ0v) is 17.1. The second-order valence-corrected chi connectivity index (χ2v) is 7.13. The average molecular weight is 427 g/mol. The van der Waals surface area contributed by atoms with Gasteiger partial charge < -0.3 is 19.7 Å². The zero-order chi connectivity index (χ0) is 21.8. The van der Waals surface area contributed by atoms with Crippen molar-refractivity contribution in [3.05, 3.63) is 77.8 Å². The number of nitrogens with one attached hydrogen (secondary N) is 1. The summed E-state index contributed by atoms with van der Waals surface area (Å²) in [4.78, 5) is 16.9. The van der Waals surface area contributed by atoms with E-state index in [0.717, 1.165) is 37.6 Å². The van der Waals surface area contributed by atoms with Crippen LogP contribution in [0.15, 0.2) is 72.2 Å². The molecule has 0 aromatic heterocycles. The van der Waals surface area contributed by atoms with Crippen molar-refractivity contribution in [2.75, 3.05) is 33.3 Å². The summed E-state index contributed by atoms with van der Waals surface area (Å²) in [5, 5.41) is 3.32. The molecule has 1 saturated heterocycles. The largest absolute Gasteiger partial charge is 0.493 e. The van der Waals surface area contributed by atoms with Gasteiger partial charge in [0.05, 0.1) is 12.8 Å². The van der Waals surface area contributed by atoms with Gasteiger partial charge in [-0.15, -0.1) is 0 Å². The predicted molar refractivity (Wildman–Crippen MR) is 113 cm³/mol. The molecule has 1 fully saturated rings. The van der Waals surface area contributed by atoms with Gasteiger partial charge in [-0.25, -0.2) is 0 Å². The van der Waals surface area contributed by atoms with Crippen molar-refractivity contribution in [2.45, 2.75) is 6.61 Å². The van der Waals surface area contributed by atoms with Gasteiger partial charge in [-0.3, -0.25) is 9.69 Å². The molecule has 0 unspecified atom stereocenters. The normalized spacial score (nSPS) is 23.1. The van der Waals surface area contributed by atoms with E-state index in [1.54, 1.807) is 17.0 Å². The van der Waals surface area contributed by atoms with E-state index >= 15 is 0 Å². The fourth-order valence-electron chi connectivity index (χ4n) is 3.66. The number of alkyl halides is 2.